The fourth-order valence-corrected chi connectivity index (χ4v) is 4.87. The molecule has 0 saturated heterocycles. The minimum Gasteiger partial charge on any atom is -0.0654 e. The van der Waals surface area contributed by atoms with E-state index in [1.165, 1.54) is 109 Å². The molecule has 0 aromatic heterocycles. The molecule has 0 nitrogen and oxygen atoms in total. The van der Waals surface area contributed by atoms with Crippen molar-refractivity contribution in [2.24, 2.45) is 23.2 Å². The minimum atomic E-state index is 0.547. The van der Waals surface area contributed by atoms with Gasteiger partial charge in [-0.1, -0.05) is 151 Å². The molecule has 28 heavy (non-hydrogen) atoms. The van der Waals surface area contributed by atoms with E-state index < -0.39 is 0 Å². The second-order valence-electron chi connectivity index (χ2n) is 10.7. The zero-order chi connectivity index (χ0) is 21.3. The smallest absolute Gasteiger partial charge is 0.0354 e. The molecule has 0 rings (SSSR count). The molecular weight excluding hydrogens is 336 g/mol. The van der Waals surface area contributed by atoms with Crippen LogP contribution in [-0.2, 0) is 0 Å². The molecule has 0 heterocycles. The Labute approximate surface area is 181 Å². The van der Waals surface area contributed by atoms with Crippen molar-refractivity contribution >= 4 is 0 Å². The third kappa shape index (κ3) is 14.9. The molecule has 170 valence electrons. The normalized spacial score (nSPS) is 15.5. The van der Waals surface area contributed by atoms with Gasteiger partial charge in [0.2, 0.25) is 0 Å². The van der Waals surface area contributed by atoms with E-state index in [9.17, 15) is 0 Å². The molecule has 0 bridgehead atoms. The predicted molar refractivity (Wildman–Crippen MR) is 131 cm³/mol. The van der Waals surface area contributed by atoms with Crippen molar-refractivity contribution in [1.82, 2.24) is 0 Å². The maximum atomic E-state index is 2.47. The molecule has 0 saturated carbocycles. The Hall–Kier alpha value is 0. The summed E-state index contributed by atoms with van der Waals surface area (Å²) >= 11 is 0. The van der Waals surface area contributed by atoms with Gasteiger partial charge < -0.3 is 0 Å². The summed E-state index contributed by atoms with van der Waals surface area (Å²) in [4.78, 5) is 0. The van der Waals surface area contributed by atoms with Gasteiger partial charge in [0.25, 0.3) is 0 Å². The van der Waals surface area contributed by atoms with Gasteiger partial charge >= 0.3 is 0 Å². The van der Waals surface area contributed by atoms with Gasteiger partial charge in [0.05, 0.1) is 0 Å². The molecule has 3 unspecified atom stereocenters. The first-order valence-electron chi connectivity index (χ1n) is 13.4. The van der Waals surface area contributed by atoms with Crippen LogP contribution in [0.1, 0.15) is 158 Å². The lowest BCUT2D eigenvalue weighted by atomic mass is 9.78. The summed E-state index contributed by atoms with van der Waals surface area (Å²) in [7, 11) is 0. The minimum absolute atomic E-state index is 0.547. The molecule has 0 aliphatic heterocycles. The van der Waals surface area contributed by atoms with Crippen molar-refractivity contribution in [2.75, 3.05) is 0 Å². The van der Waals surface area contributed by atoms with Crippen LogP contribution < -0.4 is 0 Å². The van der Waals surface area contributed by atoms with Gasteiger partial charge in [0, 0.05) is 0 Å². The predicted octanol–water partition coefficient (Wildman–Crippen LogP) is 10.6. The molecule has 0 amide bonds. The lowest BCUT2D eigenvalue weighted by molar-refractivity contribution is 0.239. The van der Waals surface area contributed by atoms with Crippen LogP contribution in [0.4, 0.5) is 0 Å². The van der Waals surface area contributed by atoms with E-state index >= 15 is 0 Å². The first kappa shape index (κ1) is 28.0. The molecular formula is C28H58. The summed E-state index contributed by atoms with van der Waals surface area (Å²) in [5.74, 6) is 2.88. The average molecular weight is 395 g/mol. The third-order valence-electron chi connectivity index (χ3n) is 7.67. The Morgan fingerprint density at radius 2 is 1.11 bits per heavy atom. The van der Waals surface area contributed by atoms with Gasteiger partial charge in [-0.25, -0.2) is 0 Å². The first-order valence-corrected chi connectivity index (χ1v) is 13.4. The highest BCUT2D eigenvalue weighted by Crippen LogP contribution is 2.33. The Bertz CT molecular complexity index is 316. The summed E-state index contributed by atoms with van der Waals surface area (Å²) in [6, 6.07) is 0. The Morgan fingerprint density at radius 3 is 1.54 bits per heavy atom. The van der Waals surface area contributed by atoms with Crippen molar-refractivity contribution in [3.63, 3.8) is 0 Å². The standard InChI is InChI=1S/C28H58/c1-8-21-27(25(5)9-2)23-20-18-16-14-12-13-15-17-19-22-26(10-3)24-28(6,7)11-4/h25-27H,8-24H2,1-7H3. The van der Waals surface area contributed by atoms with Crippen LogP contribution in [-0.4, -0.2) is 0 Å². The molecule has 3 atom stereocenters. The molecule has 0 aliphatic carbocycles. The van der Waals surface area contributed by atoms with E-state index in [4.69, 9.17) is 0 Å². The topological polar surface area (TPSA) is 0 Å². The summed E-state index contributed by atoms with van der Waals surface area (Å²) in [6.07, 6.45) is 24.5. The van der Waals surface area contributed by atoms with E-state index in [-0.39, 0.29) is 0 Å². The van der Waals surface area contributed by atoms with Crippen molar-refractivity contribution in [2.45, 2.75) is 158 Å². The highest BCUT2D eigenvalue weighted by Gasteiger charge is 2.20. The maximum Gasteiger partial charge on any atom is -0.0354 e. The molecule has 0 heteroatoms. The maximum absolute atomic E-state index is 2.47. The summed E-state index contributed by atoms with van der Waals surface area (Å²) in [5.41, 5.74) is 0.547. The van der Waals surface area contributed by atoms with Crippen LogP contribution in [0.25, 0.3) is 0 Å². The van der Waals surface area contributed by atoms with Gasteiger partial charge in [-0.05, 0) is 29.6 Å². The Balaban J connectivity index is 3.57. The molecule has 0 spiro atoms. The quantitative estimate of drug-likeness (QED) is 0.180. The third-order valence-corrected chi connectivity index (χ3v) is 7.67. The van der Waals surface area contributed by atoms with Crippen molar-refractivity contribution < 1.29 is 0 Å². The van der Waals surface area contributed by atoms with E-state index in [1.807, 2.05) is 0 Å². The van der Waals surface area contributed by atoms with Gasteiger partial charge in [0.15, 0.2) is 0 Å². The van der Waals surface area contributed by atoms with E-state index in [1.54, 1.807) is 0 Å². The number of hydrogen-bond acceptors (Lipinski definition) is 0. The van der Waals surface area contributed by atoms with Crippen LogP contribution in [0.5, 0.6) is 0 Å². The highest BCUT2D eigenvalue weighted by molar-refractivity contribution is 4.72. The lowest BCUT2D eigenvalue weighted by Gasteiger charge is -2.28. The second kappa shape index (κ2) is 17.8. The SMILES string of the molecule is CCCC(CCCCCCCCCCCC(CC)CC(C)(C)CC)C(C)CC. The molecule has 0 fully saturated rings. The molecule has 0 aliphatic rings. The van der Waals surface area contributed by atoms with Gasteiger partial charge in [-0.15, -0.1) is 0 Å². The molecule has 0 radical (unpaired) electrons. The van der Waals surface area contributed by atoms with Crippen LogP contribution in [0, 0.1) is 23.2 Å². The highest BCUT2D eigenvalue weighted by atomic mass is 14.3. The van der Waals surface area contributed by atoms with Crippen molar-refractivity contribution in [3.05, 3.63) is 0 Å². The van der Waals surface area contributed by atoms with E-state index in [0.29, 0.717) is 5.41 Å². The summed E-state index contributed by atoms with van der Waals surface area (Å²) < 4.78 is 0. The molecule has 0 aromatic carbocycles. The number of unbranched alkanes of at least 4 members (excludes halogenated alkanes) is 8. The zero-order valence-corrected chi connectivity index (χ0v) is 21.3. The Kier molecular flexibility index (Phi) is 17.8. The van der Waals surface area contributed by atoms with Crippen LogP contribution in [0.3, 0.4) is 0 Å². The average Bonchev–Trinajstić information content (AvgIpc) is 2.69. The summed E-state index contributed by atoms with van der Waals surface area (Å²) in [6.45, 7) is 16.8. The molecule has 0 N–H and O–H groups in total. The van der Waals surface area contributed by atoms with Gasteiger partial charge in [-0.2, -0.15) is 0 Å². The van der Waals surface area contributed by atoms with Crippen LogP contribution >= 0.6 is 0 Å². The van der Waals surface area contributed by atoms with Crippen molar-refractivity contribution in [3.8, 4) is 0 Å². The Morgan fingerprint density at radius 1 is 0.607 bits per heavy atom. The monoisotopic (exact) mass is 394 g/mol. The van der Waals surface area contributed by atoms with Gasteiger partial charge in [0.1, 0.15) is 0 Å². The fraction of sp³-hybridized carbons (Fsp3) is 1.00. The number of rotatable bonds is 20. The lowest BCUT2D eigenvalue weighted by Crippen LogP contribution is -2.15. The largest absolute Gasteiger partial charge is 0.0654 e. The van der Waals surface area contributed by atoms with Crippen LogP contribution in [0.15, 0.2) is 0 Å². The first-order chi connectivity index (χ1) is 13.4. The van der Waals surface area contributed by atoms with E-state index in [0.717, 1.165) is 17.8 Å². The summed E-state index contributed by atoms with van der Waals surface area (Å²) in [5, 5.41) is 0. The van der Waals surface area contributed by atoms with E-state index in [2.05, 4.69) is 48.5 Å². The second-order valence-corrected chi connectivity index (χ2v) is 10.7. The number of hydrogen-bond donors (Lipinski definition) is 0. The zero-order valence-electron chi connectivity index (χ0n) is 21.3. The fourth-order valence-electron chi connectivity index (χ4n) is 4.87. The van der Waals surface area contributed by atoms with Gasteiger partial charge in [-0.3, -0.25) is 0 Å². The van der Waals surface area contributed by atoms with Crippen LogP contribution in [0.2, 0.25) is 0 Å². The van der Waals surface area contributed by atoms with Crippen molar-refractivity contribution in [1.29, 1.82) is 0 Å². The molecule has 0 aromatic rings.